The Balaban J connectivity index is 0.00000196. The molecular formula is C11H19ClN2O. The van der Waals surface area contributed by atoms with Crippen LogP contribution in [0.1, 0.15) is 25.5 Å². The van der Waals surface area contributed by atoms with Crippen molar-refractivity contribution in [3.05, 3.63) is 29.8 Å². The summed E-state index contributed by atoms with van der Waals surface area (Å²) in [6.07, 6.45) is 0.198. The average Bonchev–Trinajstić information content (AvgIpc) is 2.17. The molecule has 1 aromatic carbocycles. The fourth-order valence-electron chi connectivity index (χ4n) is 1.20. The van der Waals surface area contributed by atoms with Crippen molar-refractivity contribution in [2.45, 2.75) is 26.0 Å². The summed E-state index contributed by atoms with van der Waals surface area (Å²) in [6.45, 7) is 4.46. The Morgan fingerprint density at radius 3 is 2.13 bits per heavy atom. The summed E-state index contributed by atoms with van der Waals surface area (Å²) < 4.78 is 5.51. The summed E-state index contributed by atoms with van der Waals surface area (Å²) in [7, 11) is 0. The molecule has 3 nitrogen and oxygen atoms in total. The smallest absolute Gasteiger partial charge is 0.119 e. The highest BCUT2D eigenvalue weighted by Crippen LogP contribution is 2.16. The highest BCUT2D eigenvalue weighted by atomic mass is 35.5. The Labute approximate surface area is 97.2 Å². The lowest BCUT2D eigenvalue weighted by molar-refractivity contribution is 0.242. The van der Waals surface area contributed by atoms with Gasteiger partial charge in [0.1, 0.15) is 5.75 Å². The normalized spacial score (nSPS) is 12.1. The number of hydrogen-bond donors (Lipinski definition) is 2. The van der Waals surface area contributed by atoms with Crippen molar-refractivity contribution in [1.82, 2.24) is 0 Å². The van der Waals surface area contributed by atoms with Crippen molar-refractivity contribution in [2.24, 2.45) is 11.5 Å². The van der Waals surface area contributed by atoms with Gasteiger partial charge in [-0.15, -0.1) is 12.4 Å². The van der Waals surface area contributed by atoms with Crippen molar-refractivity contribution >= 4 is 12.4 Å². The van der Waals surface area contributed by atoms with Crippen LogP contribution in [0.4, 0.5) is 0 Å². The third-order valence-electron chi connectivity index (χ3n) is 1.93. The Bertz CT molecular complexity index is 274. The van der Waals surface area contributed by atoms with Crippen LogP contribution in [-0.4, -0.2) is 12.6 Å². The predicted octanol–water partition coefficient (Wildman–Crippen LogP) is 1.85. The number of benzene rings is 1. The molecule has 0 aromatic heterocycles. The largest absolute Gasteiger partial charge is 0.491 e. The van der Waals surface area contributed by atoms with E-state index < -0.39 is 0 Å². The summed E-state index contributed by atoms with van der Waals surface area (Å²) >= 11 is 0. The minimum atomic E-state index is -0.0805. The maximum Gasteiger partial charge on any atom is 0.119 e. The molecule has 0 amide bonds. The fraction of sp³-hybridized carbons (Fsp3) is 0.455. The van der Waals surface area contributed by atoms with E-state index in [-0.39, 0.29) is 24.6 Å². The van der Waals surface area contributed by atoms with Crippen LogP contribution in [0, 0.1) is 0 Å². The van der Waals surface area contributed by atoms with Gasteiger partial charge < -0.3 is 16.2 Å². The van der Waals surface area contributed by atoms with E-state index in [4.69, 9.17) is 16.2 Å². The summed E-state index contributed by atoms with van der Waals surface area (Å²) in [4.78, 5) is 0. The monoisotopic (exact) mass is 230 g/mol. The molecule has 1 atom stereocenters. The third kappa shape index (κ3) is 4.51. The zero-order valence-corrected chi connectivity index (χ0v) is 9.96. The first-order valence-electron chi connectivity index (χ1n) is 4.85. The van der Waals surface area contributed by atoms with Crippen molar-refractivity contribution < 1.29 is 4.74 Å². The molecular weight excluding hydrogens is 212 g/mol. The number of nitrogens with two attached hydrogens (primary N) is 2. The SMILES string of the molecule is CC(C)Oc1ccc([C@H](N)CN)cc1.Cl. The Kier molecular flexibility index (Phi) is 6.32. The minimum absolute atomic E-state index is 0. The number of hydrogen-bond acceptors (Lipinski definition) is 3. The lowest BCUT2D eigenvalue weighted by atomic mass is 10.1. The van der Waals surface area contributed by atoms with Gasteiger partial charge in [0.05, 0.1) is 6.10 Å². The van der Waals surface area contributed by atoms with Gasteiger partial charge in [-0.05, 0) is 31.5 Å². The van der Waals surface area contributed by atoms with Crippen LogP contribution in [0.5, 0.6) is 5.75 Å². The first kappa shape index (κ1) is 14.2. The van der Waals surface area contributed by atoms with E-state index >= 15 is 0 Å². The maximum absolute atomic E-state index is 5.78. The first-order valence-corrected chi connectivity index (χ1v) is 4.85. The van der Waals surface area contributed by atoms with E-state index in [9.17, 15) is 0 Å². The molecule has 0 saturated carbocycles. The molecule has 0 radical (unpaired) electrons. The average molecular weight is 231 g/mol. The Morgan fingerprint density at radius 2 is 1.73 bits per heavy atom. The summed E-state index contributed by atoms with van der Waals surface area (Å²) in [5.74, 6) is 0.868. The van der Waals surface area contributed by atoms with Gasteiger partial charge >= 0.3 is 0 Å². The number of halogens is 1. The maximum atomic E-state index is 5.78. The van der Waals surface area contributed by atoms with E-state index in [1.165, 1.54) is 0 Å². The standard InChI is InChI=1S/C11H18N2O.ClH/c1-8(2)14-10-5-3-9(4-6-10)11(13)7-12;/h3-6,8,11H,7,12-13H2,1-2H3;1H/t11-;/m1./s1. The quantitative estimate of drug-likeness (QED) is 0.830. The van der Waals surface area contributed by atoms with E-state index in [0.29, 0.717) is 6.54 Å². The van der Waals surface area contributed by atoms with Crippen LogP contribution < -0.4 is 16.2 Å². The van der Waals surface area contributed by atoms with E-state index in [1.54, 1.807) is 0 Å². The molecule has 0 aliphatic rings. The Morgan fingerprint density at radius 1 is 1.20 bits per heavy atom. The van der Waals surface area contributed by atoms with Gasteiger partial charge in [-0.1, -0.05) is 12.1 Å². The molecule has 0 saturated heterocycles. The molecule has 0 aliphatic carbocycles. The third-order valence-corrected chi connectivity index (χ3v) is 1.93. The van der Waals surface area contributed by atoms with E-state index in [1.807, 2.05) is 38.1 Å². The summed E-state index contributed by atoms with van der Waals surface area (Å²) in [5, 5.41) is 0. The Hall–Kier alpha value is -0.770. The second-order valence-corrected chi connectivity index (χ2v) is 3.58. The van der Waals surface area contributed by atoms with Gasteiger partial charge in [-0.3, -0.25) is 0 Å². The second kappa shape index (κ2) is 6.67. The molecule has 0 unspecified atom stereocenters. The van der Waals surface area contributed by atoms with Gasteiger partial charge in [0.25, 0.3) is 0 Å². The zero-order chi connectivity index (χ0) is 10.6. The van der Waals surface area contributed by atoms with E-state index in [0.717, 1.165) is 11.3 Å². The van der Waals surface area contributed by atoms with Gasteiger partial charge in [0, 0.05) is 12.6 Å². The summed E-state index contributed by atoms with van der Waals surface area (Å²) in [6, 6.07) is 7.67. The second-order valence-electron chi connectivity index (χ2n) is 3.58. The van der Waals surface area contributed by atoms with Crippen LogP contribution in [-0.2, 0) is 0 Å². The van der Waals surface area contributed by atoms with Gasteiger partial charge in [-0.25, -0.2) is 0 Å². The molecule has 0 fully saturated rings. The highest BCUT2D eigenvalue weighted by Gasteiger charge is 2.03. The topological polar surface area (TPSA) is 61.3 Å². The van der Waals surface area contributed by atoms with Crippen molar-refractivity contribution in [1.29, 1.82) is 0 Å². The molecule has 15 heavy (non-hydrogen) atoms. The van der Waals surface area contributed by atoms with Crippen molar-refractivity contribution in [3.63, 3.8) is 0 Å². The molecule has 0 spiro atoms. The van der Waals surface area contributed by atoms with Crippen molar-refractivity contribution in [3.8, 4) is 5.75 Å². The molecule has 1 rings (SSSR count). The minimum Gasteiger partial charge on any atom is -0.491 e. The van der Waals surface area contributed by atoms with Gasteiger partial charge in [0.15, 0.2) is 0 Å². The van der Waals surface area contributed by atoms with Crippen LogP contribution >= 0.6 is 12.4 Å². The summed E-state index contributed by atoms with van der Waals surface area (Å²) in [5.41, 5.74) is 12.3. The molecule has 0 heterocycles. The lowest BCUT2D eigenvalue weighted by Crippen LogP contribution is -2.20. The lowest BCUT2D eigenvalue weighted by Gasteiger charge is -2.12. The van der Waals surface area contributed by atoms with Gasteiger partial charge in [0.2, 0.25) is 0 Å². The van der Waals surface area contributed by atoms with E-state index in [2.05, 4.69) is 0 Å². The fourth-order valence-corrected chi connectivity index (χ4v) is 1.20. The zero-order valence-electron chi connectivity index (χ0n) is 9.14. The molecule has 0 bridgehead atoms. The van der Waals surface area contributed by atoms with Gasteiger partial charge in [-0.2, -0.15) is 0 Å². The van der Waals surface area contributed by atoms with Crippen LogP contribution in [0.15, 0.2) is 24.3 Å². The molecule has 86 valence electrons. The van der Waals surface area contributed by atoms with Crippen molar-refractivity contribution in [2.75, 3.05) is 6.54 Å². The molecule has 4 N–H and O–H groups in total. The molecule has 1 aromatic rings. The van der Waals surface area contributed by atoms with Crippen LogP contribution in [0.3, 0.4) is 0 Å². The predicted molar refractivity (Wildman–Crippen MR) is 65.4 cm³/mol. The number of rotatable bonds is 4. The molecule has 0 aliphatic heterocycles. The highest BCUT2D eigenvalue weighted by molar-refractivity contribution is 5.85. The molecule has 4 heteroatoms. The van der Waals surface area contributed by atoms with Crippen LogP contribution in [0.25, 0.3) is 0 Å². The number of ether oxygens (including phenoxy) is 1. The van der Waals surface area contributed by atoms with Crippen LogP contribution in [0.2, 0.25) is 0 Å². The first-order chi connectivity index (χ1) is 6.63.